The lowest BCUT2D eigenvalue weighted by Gasteiger charge is -2.42. The van der Waals surface area contributed by atoms with Gasteiger partial charge in [-0.1, -0.05) is 0 Å². The zero-order valence-corrected chi connectivity index (χ0v) is 16.5. The SMILES string of the molecule is CN(c1ncnc2[nH]ccc12)C1CC(NS(=O)(=O)N2C[C@H]3CC[C@@]3(C#N)C2)C1. The van der Waals surface area contributed by atoms with Gasteiger partial charge in [-0.25, -0.2) is 9.97 Å². The predicted octanol–water partition coefficient (Wildman–Crippen LogP) is 0.995. The molecular weight excluding hydrogens is 378 g/mol. The Bertz CT molecular complexity index is 1060. The molecule has 3 heterocycles. The van der Waals surface area contributed by atoms with Crippen molar-refractivity contribution in [3.63, 3.8) is 0 Å². The van der Waals surface area contributed by atoms with Gasteiger partial charge in [0.15, 0.2) is 0 Å². The molecule has 2 aliphatic carbocycles. The van der Waals surface area contributed by atoms with E-state index in [2.05, 4.69) is 30.6 Å². The first kappa shape index (κ1) is 17.8. The van der Waals surface area contributed by atoms with Gasteiger partial charge in [0.1, 0.15) is 17.8 Å². The minimum absolute atomic E-state index is 0.0858. The van der Waals surface area contributed by atoms with Crippen LogP contribution in [-0.4, -0.2) is 59.9 Å². The second-order valence-corrected chi connectivity index (χ2v) is 9.99. The van der Waals surface area contributed by atoms with Gasteiger partial charge >= 0.3 is 0 Å². The van der Waals surface area contributed by atoms with Gasteiger partial charge in [-0.05, 0) is 37.7 Å². The van der Waals surface area contributed by atoms with E-state index in [0.717, 1.165) is 42.5 Å². The zero-order valence-electron chi connectivity index (χ0n) is 15.7. The van der Waals surface area contributed by atoms with Crippen molar-refractivity contribution in [2.75, 3.05) is 25.0 Å². The number of anilines is 1. The topological polar surface area (TPSA) is 118 Å². The summed E-state index contributed by atoms with van der Waals surface area (Å²) in [6, 6.07) is 4.45. The molecule has 1 aliphatic heterocycles. The van der Waals surface area contributed by atoms with Crippen LogP contribution in [0.15, 0.2) is 18.6 Å². The van der Waals surface area contributed by atoms with E-state index in [1.165, 1.54) is 10.6 Å². The van der Waals surface area contributed by atoms with Crippen molar-refractivity contribution in [1.29, 1.82) is 5.26 Å². The average Bonchev–Trinajstić information content (AvgIpc) is 3.20. The molecule has 28 heavy (non-hydrogen) atoms. The molecule has 148 valence electrons. The van der Waals surface area contributed by atoms with Gasteiger partial charge in [0.2, 0.25) is 0 Å². The second-order valence-electron chi connectivity index (χ2n) is 8.29. The van der Waals surface area contributed by atoms with Gasteiger partial charge in [-0.3, -0.25) is 0 Å². The highest BCUT2D eigenvalue weighted by Crippen LogP contribution is 2.52. The summed E-state index contributed by atoms with van der Waals surface area (Å²) in [6.45, 7) is 0.789. The van der Waals surface area contributed by atoms with Crippen molar-refractivity contribution in [1.82, 2.24) is 24.0 Å². The van der Waals surface area contributed by atoms with Crippen LogP contribution in [0.2, 0.25) is 0 Å². The summed E-state index contributed by atoms with van der Waals surface area (Å²) < 4.78 is 29.8. The Kier molecular flexibility index (Phi) is 3.91. The van der Waals surface area contributed by atoms with Gasteiger partial charge in [-0.15, -0.1) is 0 Å². The lowest BCUT2D eigenvalue weighted by Crippen LogP contribution is -2.55. The Labute approximate surface area is 163 Å². The number of aromatic nitrogens is 3. The molecule has 2 atom stereocenters. The molecule has 0 bridgehead atoms. The van der Waals surface area contributed by atoms with Crippen molar-refractivity contribution in [3.05, 3.63) is 18.6 Å². The van der Waals surface area contributed by atoms with E-state index in [4.69, 9.17) is 0 Å². The molecule has 0 aromatic carbocycles. The maximum absolute atomic E-state index is 12.8. The normalized spacial score (nSPS) is 32.4. The van der Waals surface area contributed by atoms with Crippen LogP contribution in [-0.2, 0) is 10.2 Å². The van der Waals surface area contributed by atoms with Crippen LogP contribution in [0.3, 0.4) is 0 Å². The van der Waals surface area contributed by atoms with Crippen LogP contribution in [0.25, 0.3) is 11.0 Å². The van der Waals surface area contributed by atoms with Crippen molar-refractivity contribution < 1.29 is 8.42 Å². The van der Waals surface area contributed by atoms with Gasteiger partial charge in [-0.2, -0.15) is 22.7 Å². The third-order valence-corrected chi connectivity index (χ3v) is 8.40. The van der Waals surface area contributed by atoms with E-state index in [1.807, 2.05) is 19.3 Å². The molecule has 2 N–H and O–H groups in total. The summed E-state index contributed by atoms with van der Waals surface area (Å²) in [5.74, 6) is 1.04. The molecule has 0 amide bonds. The first-order valence-corrected chi connectivity index (χ1v) is 11.1. The average molecular weight is 401 g/mol. The molecule has 0 radical (unpaired) electrons. The van der Waals surface area contributed by atoms with E-state index < -0.39 is 15.6 Å². The van der Waals surface area contributed by atoms with Gasteiger partial charge in [0.25, 0.3) is 10.2 Å². The number of nitrogens with one attached hydrogen (secondary N) is 2. The Hall–Kier alpha value is -2.22. The third kappa shape index (κ3) is 2.61. The Morgan fingerprint density at radius 2 is 2.25 bits per heavy atom. The molecule has 9 nitrogen and oxygen atoms in total. The number of hydrogen-bond acceptors (Lipinski definition) is 6. The van der Waals surface area contributed by atoms with Crippen LogP contribution in [0.4, 0.5) is 5.82 Å². The molecular formula is C18H23N7O2S. The molecule has 1 saturated heterocycles. The van der Waals surface area contributed by atoms with Crippen LogP contribution >= 0.6 is 0 Å². The fraction of sp³-hybridized carbons (Fsp3) is 0.611. The van der Waals surface area contributed by atoms with Crippen LogP contribution in [0.1, 0.15) is 25.7 Å². The highest BCUT2D eigenvalue weighted by molar-refractivity contribution is 7.87. The van der Waals surface area contributed by atoms with E-state index in [0.29, 0.717) is 13.1 Å². The Balaban J connectivity index is 1.22. The first-order chi connectivity index (χ1) is 13.4. The summed E-state index contributed by atoms with van der Waals surface area (Å²) in [5, 5.41) is 10.4. The predicted molar refractivity (Wildman–Crippen MR) is 104 cm³/mol. The molecule has 0 unspecified atom stereocenters. The van der Waals surface area contributed by atoms with Gasteiger partial charge in [0, 0.05) is 38.4 Å². The number of nitrogens with zero attached hydrogens (tertiary/aromatic N) is 5. The van der Waals surface area contributed by atoms with Crippen molar-refractivity contribution in [2.24, 2.45) is 11.3 Å². The summed E-state index contributed by atoms with van der Waals surface area (Å²) in [7, 11) is -1.57. The van der Waals surface area contributed by atoms with Gasteiger partial charge < -0.3 is 9.88 Å². The smallest absolute Gasteiger partial charge is 0.279 e. The summed E-state index contributed by atoms with van der Waals surface area (Å²) in [5.41, 5.74) is 0.343. The molecule has 2 aromatic heterocycles. The maximum Gasteiger partial charge on any atom is 0.279 e. The molecule has 3 fully saturated rings. The fourth-order valence-electron chi connectivity index (χ4n) is 4.76. The van der Waals surface area contributed by atoms with Gasteiger partial charge in [0.05, 0.1) is 16.9 Å². The van der Waals surface area contributed by atoms with E-state index in [1.54, 1.807) is 0 Å². The number of H-pyrrole nitrogens is 1. The Morgan fingerprint density at radius 3 is 2.93 bits per heavy atom. The minimum Gasteiger partial charge on any atom is -0.356 e. The largest absolute Gasteiger partial charge is 0.356 e. The number of nitriles is 1. The van der Waals surface area contributed by atoms with Crippen LogP contribution < -0.4 is 9.62 Å². The zero-order chi connectivity index (χ0) is 19.5. The van der Waals surface area contributed by atoms with Crippen LogP contribution in [0, 0.1) is 22.7 Å². The Morgan fingerprint density at radius 1 is 1.43 bits per heavy atom. The quantitative estimate of drug-likeness (QED) is 0.772. The number of aromatic amines is 1. The summed E-state index contributed by atoms with van der Waals surface area (Å²) >= 11 is 0. The molecule has 5 rings (SSSR count). The van der Waals surface area contributed by atoms with Crippen molar-refractivity contribution >= 4 is 27.1 Å². The van der Waals surface area contributed by atoms with Crippen molar-refractivity contribution in [3.8, 4) is 6.07 Å². The minimum atomic E-state index is -3.55. The lowest BCUT2D eigenvalue weighted by molar-refractivity contribution is 0.156. The summed E-state index contributed by atoms with van der Waals surface area (Å²) in [6.07, 6.45) is 6.59. The number of hydrogen-bond donors (Lipinski definition) is 2. The van der Waals surface area contributed by atoms with Crippen molar-refractivity contribution in [2.45, 2.75) is 37.8 Å². The molecule has 3 aliphatic rings. The fourth-order valence-corrected chi connectivity index (χ4v) is 6.30. The highest BCUT2D eigenvalue weighted by atomic mass is 32.2. The third-order valence-electron chi connectivity index (χ3n) is 6.81. The molecule has 2 saturated carbocycles. The maximum atomic E-state index is 12.8. The molecule has 0 spiro atoms. The van der Waals surface area contributed by atoms with E-state index in [-0.39, 0.29) is 18.0 Å². The molecule has 10 heteroatoms. The highest BCUT2D eigenvalue weighted by Gasteiger charge is 2.56. The number of rotatable bonds is 5. The lowest BCUT2D eigenvalue weighted by atomic mass is 9.63. The standard InChI is InChI=1S/C18H23N7O2S/c1-24(17-15-3-5-20-16(15)21-11-22-17)14-6-13(7-14)23-28(26,27)25-8-12-2-4-18(12,9-19)10-25/h3,5,11-14,23H,2,4,6-8,10H2,1H3,(H,20,21,22)/t12-,13?,14?,18-/m1/s1. The van der Waals surface area contributed by atoms with E-state index >= 15 is 0 Å². The molecule has 2 aromatic rings. The van der Waals surface area contributed by atoms with Crippen LogP contribution in [0.5, 0.6) is 0 Å². The monoisotopic (exact) mass is 401 g/mol. The van der Waals surface area contributed by atoms with E-state index in [9.17, 15) is 13.7 Å². The number of fused-ring (bicyclic) bond motifs is 2. The summed E-state index contributed by atoms with van der Waals surface area (Å²) in [4.78, 5) is 13.8. The second kappa shape index (κ2) is 6.14. The first-order valence-electron chi connectivity index (χ1n) is 9.61.